The Morgan fingerprint density at radius 1 is 0.824 bits per heavy atom. The van der Waals surface area contributed by atoms with Gasteiger partial charge >= 0.3 is 5.97 Å². The minimum atomic E-state index is -1.37. The molecule has 0 aromatic heterocycles. The van der Waals surface area contributed by atoms with Crippen LogP contribution in [0.3, 0.4) is 0 Å². The van der Waals surface area contributed by atoms with Gasteiger partial charge in [-0.25, -0.2) is 4.79 Å². The number of nitrogens with two attached hydrogens (primary N) is 3. The number of amides is 5. The lowest BCUT2D eigenvalue weighted by molar-refractivity contribution is -0.142. The van der Waals surface area contributed by atoms with E-state index in [1.165, 1.54) is 0 Å². The number of aliphatic carboxylic acids is 1. The minimum absolute atomic E-state index is 0.0504. The Kier molecular flexibility index (Phi) is 13.4. The lowest BCUT2D eigenvalue weighted by atomic mass is 9.96. The first-order valence-electron chi connectivity index (χ1n) is 11.2. The molecule has 0 aromatic carbocycles. The number of hydrogen-bond acceptors (Lipinski definition) is 7. The van der Waals surface area contributed by atoms with Gasteiger partial charge in [0.2, 0.25) is 29.5 Å². The molecule has 34 heavy (non-hydrogen) atoms. The zero-order valence-electron chi connectivity index (χ0n) is 20.1. The van der Waals surface area contributed by atoms with Crippen molar-refractivity contribution in [1.82, 2.24) is 16.0 Å². The smallest absolute Gasteiger partial charge is 0.326 e. The van der Waals surface area contributed by atoms with E-state index in [1.807, 2.05) is 13.8 Å². The average Bonchev–Trinajstić information content (AvgIpc) is 2.72. The second-order valence-corrected chi connectivity index (χ2v) is 8.74. The number of carboxylic acids is 1. The maximum atomic E-state index is 13.0. The first-order valence-corrected chi connectivity index (χ1v) is 11.2. The van der Waals surface area contributed by atoms with Gasteiger partial charge in [0.1, 0.15) is 18.1 Å². The summed E-state index contributed by atoms with van der Waals surface area (Å²) in [5.74, 6) is -5.41. The second-order valence-electron chi connectivity index (χ2n) is 8.74. The van der Waals surface area contributed by atoms with Crippen LogP contribution in [0.1, 0.15) is 59.8 Å². The first kappa shape index (κ1) is 30.8. The van der Waals surface area contributed by atoms with Crippen molar-refractivity contribution in [2.45, 2.75) is 84.0 Å². The number of nitrogens with one attached hydrogen (secondary N) is 3. The van der Waals surface area contributed by atoms with Gasteiger partial charge in [-0.05, 0) is 24.7 Å². The molecule has 0 aliphatic heterocycles. The molecule has 5 unspecified atom stereocenters. The zero-order valence-corrected chi connectivity index (χ0v) is 20.1. The van der Waals surface area contributed by atoms with Crippen LogP contribution in [0.25, 0.3) is 0 Å². The lowest BCUT2D eigenvalue weighted by Crippen LogP contribution is -2.59. The van der Waals surface area contributed by atoms with Crippen LogP contribution in [0.4, 0.5) is 0 Å². The fourth-order valence-electron chi connectivity index (χ4n) is 3.05. The van der Waals surface area contributed by atoms with Crippen LogP contribution < -0.4 is 33.2 Å². The van der Waals surface area contributed by atoms with Gasteiger partial charge in [-0.1, -0.05) is 34.1 Å². The highest BCUT2D eigenvalue weighted by atomic mass is 16.4. The van der Waals surface area contributed by atoms with E-state index in [0.717, 1.165) is 0 Å². The molecular weight excluding hydrogens is 448 g/mol. The van der Waals surface area contributed by atoms with Crippen LogP contribution in [-0.2, 0) is 28.8 Å². The van der Waals surface area contributed by atoms with Gasteiger partial charge in [-0.2, -0.15) is 0 Å². The van der Waals surface area contributed by atoms with Crippen LogP contribution in [-0.4, -0.2) is 64.8 Å². The molecule has 194 valence electrons. The van der Waals surface area contributed by atoms with Gasteiger partial charge in [-0.15, -0.1) is 0 Å². The molecule has 13 heteroatoms. The molecule has 0 aliphatic carbocycles. The summed E-state index contributed by atoms with van der Waals surface area (Å²) >= 11 is 0. The number of rotatable bonds is 16. The molecule has 0 radical (unpaired) electrons. The zero-order chi connectivity index (χ0) is 26.6. The van der Waals surface area contributed by atoms with Crippen molar-refractivity contribution in [1.29, 1.82) is 0 Å². The molecule has 5 atom stereocenters. The van der Waals surface area contributed by atoms with Gasteiger partial charge in [0.05, 0.1) is 12.5 Å². The number of carbonyl (C=O) groups is 6. The van der Waals surface area contributed by atoms with Crippen LogP contribution in [0, 0.1) is 11.8 Å². The number of primary amides is 2. The fourth-order valence-corrected chi connectivity index (χ4v) is 3.05. The van der Waals surface area contributed by atoms with E-state index in [9.17, 15) is 33.9 Å². The van der Waals surface area contributed by atoms with E-state index in [0.29, 0.717) is 6.42 Å². The lowest BCUT2D eigenvalue weighted by Gasteiger charge is -2.28. The van der Waals surface area contributed by atoms with Crippen molar-refractivity contribution in [3.63, 3.8) is 0 Å². The molecule has 0 heterocycles. The Morgan fingerprint density at radius 2 is 1.38 bits per heavy atom. The third-order valence-corrected chi connectivity index (χ3v) is 5.19. The van der Waals surface area contributed by atoms with Gasteiger partial charge < -0.3 is 38.3 Å². The molecule has 0 fully saturated rings. The second kappa shape index (κ2) is 14.8. The molecule has 10 N–H and O–H groups in total. The highest BCUT2D eigenvalue weighted by Gasteiger charge is 2.33. The van der Waals surface area contributed by atoms with Crippen LogP contribution >= 0.6 is 0 Å². The topological polar surface area (TPSA) is 237 Å². The molecule has 0 saturated carbocycles. The highest BCUT2D eigenvalue weighted by Crippen LogP contribution is 2.12. The summed E-state index contributed by atoms with van der Waals surface area (Å²) in [6.45, 7) is 7.14. The summed E-state index contributed by atoms with van der Waals surface area (Å²) in [6.07, 6.45) is -0.171. The molecule has 0 rings (SSSR count). The summed E-state index contributed by atoms with van der Waals surface area (Å²) in [6, 6.07) is -4.79. The third kappa shape index (κ3) is 11.6. The van der Waals surface area contributed by atoms with Crippen LogP contribution in [0.15, 0.2) is 0 Å². The third-order valence-electron chi connectivity index (χ3n) is 5.19. The fraction of sp³-hybridized carbons (Fsp3) is 0.714. The van der Waals surface area contributed by atoms with Crippen molar-refractivity contribution in [2.24, 2.45) is 29.0 Å². The van der Waals surface area contributed by atoms with Gasteiger partial charge in [0.25, 0.3) is 0 Å². The summed E-state index contributed by atoms with van der Waals surface area (Å²) in [5, 5.41) is 16.7. The summed E-state index contributed by atoms with van der Waals surface area (Å²) in [7, 11) is 0. The Bertz CT molecular complexity index is 758. The van der Waals surface area contributed by atoms with E-state index in [4.69, 9.17) is 17.2 Å². The number of carbonyl (C=O) groups excluding carboxylic acids is 5. The number of carboxylic acid groups (broad SMARTS) is 1. The van der Waals surface area contributed by atoms with Crippen molar-refractivity contribution < 1.29 is 33.9 Å². The van der Waals surface area contributed by atoms with Gasteiger partial charge in [0.15, 0.2) is 0 Å². The Labute approximate surface area is 198 Å². The minimum Gasteiger partial charge on any atom is -0.480 e. The van der Waals surface area contributed by atoms with Crippen molar-refractivity contribution in [3.05, 3.63) is 0 Å². The van der Waals surface area contributed by atoms with Crippen molar-refractivity contribution in [2.75, 3.05) is 0 Å². The Hall–Kier alpha value is -3.22. The van der Waals surface area contributed by atoms with Crippen LogP contribution in [0.2, 0.25) is 0 Å². The predicted octanol–water partition coefficient (Wildman–Crippen LogP) is -1.91. The van der Waals surface area contributed by atoms with E-state index < -0.39 is 66.1 Å². The molecule has 0 aromatic rings. The summed E-state index contributed by atoms with van der Waals surface area (Å²) in [4.78, 5) is 71.7. The standard InChI is InChI=1S/C21H38N6O7/c1-5-11(4)17(27-18(30)12(22)9-16(24)29)20(32)26-14(8-10(2)3)19(31)25-13(21(33)34)6-7-15(23)28/h10-14,17H,5-9,22H2,1-4H3,(H2,23,28)(H2,24,29)(H,25,31)(H,26,32)(H,27,30)(H,33,34). The van der Waals surface area contributed by atoms with Crippen molar-refractivity contribution >= 4 is 35.5 Å². The normalized spacial score (nSPS) is 15.4. The Balaban J connectivity index is 5.57. The number of hydrogen-bond donors (Lipinski definition) is 7. The van der Waals surface area contributed by atoms with E-state index in [-0.39, 0.29) is 31.1 Å². The van der Waals surface area contributed by atoms with E-state index in [2.05, 4.69) is 16.0 Å². The summed E-state index contributed by atoms with van der Waals surface area (Å²) < 4.78 is 0. The van der Waals surface area contributed by atoms with Crippen LogP contribution in [0.5, 0.6) is 0 Å². The quantitative estimate of drug-likeness (QED) is 0.129. The van der Waals surface area contributed by atoms with E-state index >= 15 is 0 Å². The predicted molar refractivity (Wildman–Crippen MR) is 123 cm³/mol. The average molecular weight is 487 g/mol. The SMILES string of the molecule is CCC(C)C(NC(=O)C(N)CC(N)=O)C(=O)NC(CC(C)C)C(=O)NC(CCC(N)=O)C(=O)O. The van der Waals surface area contributed by atoms with Gasteiger partial charge in [0, 0.05) is 6.42 Å². The molecule has 0 saturated heterocycles. The van der Waals surface area contributed by atoms with Gasteiger partial charge in [-0.3, -0.25) is 24.0 Å². The van der Waals surface area contributed by atoms with E-state index in [1.54, 1.807) is 13.8 Å². The maximum absolute atomic E-state index is 13.0. The largest absolute Gasteiger partial charge is 0.480 e. The first-order chi connectivity index (χ1) is 15.7. The molecule has 0 spiro atoms. The molecule has 5 amide bonds. The molecule has 0 aliphatic rings. The monoisotopic (exact) mass is 486 g/mol. The summed E-state index contributed by atoms with van der Waals surface area (Å²) in [5.41, 5.74) is 15.8. The maximum Gasteiger partial charge on any atom is 0.326 e. The molecule has 13 nitrogen and oxygen atoms in total. The van der Waals surface area contributed by atoms with Crippen molar-refractivity contribution in [3.8, 4) is 0 Å². The Morgan fingerprint density at radius 3 is 1.82 bits per heavy atom. The highest BCUT2D eigenvalue weighted by molar-refractivity contribution is 5.95. The molecule has 0 bridgehead atoms. The molecular formula is C21H38N6O7.